The van der Waals surface area contributed by atoms with Crippen LogP contribution in [0.25, 0.3) is 0 Å². The smallest absolute Gasteiger partial charge is 0.0897 e. The highest BCUT2D eigenvalue weighted by Gasteiger charge is 1.99. The van der Waals surface area contributed by atoms with E-state index < -0.39 is 0 Å². The molecule has 0 amide bonds. The molecule has 15 heavy (non-hydrogen) atoms. The van der Waals surface area contributed by atoms with Crippen molar-refractivity contribution in [3.8, 4) is 0 Å². The first kappa shape index (κ1) is 10.7. The van der Waals surface area contributed by atoms with Crippen LogP contribution in [0.5, 0.6) is 0 Å². The predicted molar refractivity (Wildman–Crippen MR) is 64.2 cm³/mol. The molecule has 0 aliphatic carbocycles. The van der Waals surface area contributed by atoms with Gasteiger partial charge < -0.3 is 5.32 Å². The molecule has 0 saturated carbocycles. The lowest BCUT2D eigenvalue weighted by atomic mass is 10.5. The molecule has 2 aromatic rings. The van der Waals surface area contributed by atoms with Crippen molar-refractivity contribution in [3.63, 3.8) is 0 Å². The van der Waals surface area contributed by atoms with Crippen LogP contribution in [-0.2, 0) is 13.1 Å². The van der Waals surface area contributed by atoms with Crippen LogP contribution in [0.15, 0.2) is 12.4 Å². The molecule has 1 N–H and O–H groups in total. The van der Waals surface area contributed by atoms with Crippen LogP contribution in [0.2, 0.25) is 0 Å². The van der Waals surface area contributed by atoms with E-state index in [4.69, 9.17) is 0 Å². The van der Waals surface area contributed by atoms with E-state index in [0.29, 0.717) is 0 Å². The number of nitrogens with one attached hydrogen (secondary N) is 1. The monoisotopic (exact) mass is 239 g/mol. The highest BCUT2D eigenvalue weighted by atomic mass is 32.1. The van der Waals surface area contributed by atoms with Crippen LogP contribution in [0.4, 0.5) is 0 Å². The van der Waals surface area contributed by atoms with Crippen LogP contribution >= 0.6 is 22.7 Å². The molecule has 0 bridgehead atoms. The van der Waals surface area contributed by atoms with Gasteiger partial charge in [0.25, 0.3) is 0 Å². The summed E-state index contributed by atoms with van der Waals surface area (Å²) in [4.78, 5) is 11.0. The van der Waals surface area contributed by atoms with E-state index in [2.05, 4.69) is 15.3 Å². The molecule has 5 heteroatoms. The minimum Gasteiger partial charge on any atom is -0.307 e. The summed E-state index contributed by atoms with van der Waals surface area (Å²) in [6.07, 6.45) is 3.87. The second-order valence-electron chi connectivity index (χ2n) is 3.29. The molecular weight excluding hydrogens is 226 g/mol. The van der Waals surface area contributed by atoms with Crippen molar-refractivity contribution in [2.24, 2.45) is 0 Å². The fraction of sp³-hybridized carbons (Fsp3) is 0.400. The van der Waals surface area contributed by atoms with Crippen molar-refractivity contribution >= 4 is 22.7 Å². The molecule has 2 heterocycles. The quantitative estimate of drug-likeness (QED) is 0.891. The largest absolute Gasteiger partial charge is 0.307 e. The number of aryl methyl sites for hydroxylation is 2. The number of rotatable bonds is 4. The lowest BCUT2D eigenvalue weighted by Crippen LogP contribution is -2.10. The third-order valence-electron chi connectivity index (χ3n) is 1.94. The van der Waals surface area contributed by atoms with Gasteiger partial charge in [-0.2, -0.15) is 0 Å². The average molecular weight is 239 g/mol. The molecular formula is C10H13N3S2. The Morgan fingerprint density at radius 2 is 1.47 bits per heavy atom. The number of aromatic nitrogens is 2. The molecule has 0 aliphatic rings. The molecule has 3 nitrogen and oxygen atoms in total. The molecule has 0 aromatic carbocycles. The third-order valence-corrected chi connectivity index (χ3v) is 3.76. The number of hydrogen-bond donors (Lipinski definition) is 1. The predicted octanol–water partition coefficient (Wildman–Crippen LogP) is 2.51. The van der Waals surface area contributed by atoms with Crippen molar-refractivity contribution < 1.29 is 0 Å². The summed E-state index contributed by atoms with van der Waals surface area (Å²) in [6.45, 7) is 5.84. The van der Waals surface area contributed by atoms with Crippen LogP contribution in [0.1, 0.15) is 19.8 Å². The van der Waals surface area contributed by atoms with Crippen LogP contribution in [-0.4, -0.2) is 9.97 Å². The zero-order valence-corrected chi connectivity index (χ0v) is 10.4. The van der Waals surface area contributed by atoms with E-state index >= 15 is 0 Å². The normalized spacial score (nSPS) is 10.8. The Morgan fingerprint density at radius 3 is 1.80 bits per heavy atom. The Morgan fingerprint density at radius 1 is 1.00 bits per heavy atom. The van der Waals surface area contributed by atoms with Crippen molar-refractivity contribution in [2.75, 3.05) is 0 Å². The van der Waals surface area contributed by atoms with Gasteiger partial charge in [-0.15, -0.1) is 22.7 Å². The van der Waals surface area contributed by atoms with Crippen LogP contribution in [0, 0.1) is 13.8 Å². The van der Waals surface area contributed by atoms with E-state index in [0.717, 1.165) is 23.1 Å². The molecule has 80 valence electrons. The Kier molecular flexibility index (Phi) is 3.45. The van der Waals surface area contributed by atoms with E-state index in [-0.39, 0.29) is 0 Å². The first-order chi connectivity index (χ1) is 7.24. The summed E-state index contributed by atoms with van der Waals surface area (Å²) < 4.78 is 0. The number of thiazole rings is 2. The first-order valence-electron chi connectivity index (χ1n) is 4.77. The van der Waals surface area contributed by atoms with Crippen molar-refractivity contribution in [3.05, 3.63) is 32.2 Å². The van der Waals surface area contributed by atoms with Gasteiger partial charge in [0.05, 0.1) is 10.0 Å². The molecule has 0 saturated heterocycles. The molecule has 0 atom stereocenters. The van der Waals surface area contributed by atoms with Crippen molar-refractivity contribution in [1.82, 2.24) is 15.3 Å². The SMILES string of the molecule is Cc1ncc(CNCc2cnc(C)s2)s1. The maximum absolute atomic E-state index is 4.22. The van der Waals surface area contributed by atoms with Gasteiger partial charge >= 0.3 is 0 Å². The highest BCUT2D eigenvalue weighted by molar-refractivity contribution is 7.11. The van der Waals surface area contributed by atoms with Gasteiger partial charge in [-0.05, 0) is 13.8 Å². The Bertz CT molecular complexity index is 393. The fourth-order valence-electron chi connectivity index (χ4n) is 1.28. The zero-order valence-electron chi connectivity index (χ0n) is 8.78. The minimum absolute atomic E-state index is 0.891. The average Bonchev–Trinajstić information content (AvgIpc) is 2.76. The Balaban J connectivity index is 1.80. The summed E-state index contributed by atoms with van der Waals surface area (Å²) in [5.74, 6) is 0. The van der Waals surface area contributed by atoms with E-state index in [9.17, 15) is 0 Å². The van der Waals surface area contributed by atoms with Crippen LogP contribution in [0.3, 0.4) is 0 Å². The second kappa shape index (κ2) is 4.83. The third kappa shape index (κ3) is 3.09. The molecule has 2 aromatic heterocycles. The van der Waals surface area contributed by atoms with Gasteiger partial charge in [0.1, 0.15) is 0 Å². The molecule has 2 rings (SSSR count). The molecule has 0 radical (unpaired) electrons. The summed E-state index contributed by atoms with van der Waals surface area (Å²) in [5.41, 5.74) is 0. The summed E-state index contributed by atoms with van der Waals surface area (Å²) in [6, 6.07) is 0. The first-order valence-corrected chi connectivity index (χ1v) is 6.40. The second-order valence-corrected chi connectivity index (χ2v) is 5.93. The van der Waals surface area contributed by atoms with Gasteiger partial charge in [0.2, 0.25) is 0 Å². The van der Waals surface area contributed by atoms with Crippen molar-refractivity contribution in [1.29, 1.82) is 0 Å². The van der Waals surface area contributed by atoms with Gasteiger partial charge in [0, 0.05) is 35.2 Å². The van der Waals surface area contributed by atoms with Gasteiger partial charge in [0.15, 0.2) is 0 Å². The fourth-order valence-corrected chi connectivity index (χ4v) is 2.81. The minimum atomic E-state index is 0.891. The molecule has 0 fully saturated rings. The summed E-state index contributed by atoms with van der Waals surface area (Å²) in [5, 5.41) is 5.64. The maximum atomic E-state index is 4.22. The standard InChI is InChI=1S/C10H13N3S2/c1-7-12-5-9(14-7)3-11-4-10-6-13-8(2)15-10/h5-6,11H,3-4H2,1-2H3. The topological polar surface area (TPSA) is 37.8 Å². The molecule has 0 spiro atoms. The lowest BCUT2D eigenvalue weighted by molar-refractivity contribution is 0.707. The van der Waals surface area contributed by atoms with E-state index in [1.54, 1.807) is 22.7 Å². The van der Waals surface area contributed by atoms with E-state index in [1.165, 1.54) is 9.75 Å². The summed E-state index contributed by atoms with van der Waals surface area (Å²) in [7, 11) is 0. The number of hydrogen-bond acceptors (Lipinski definition) is 5. The Hall–Kier alpha value is -0.780. The van der Waals surface area contributed by atoms with Gasteiger partial charge in [-0.3, -0.25) is 0 Å². The van der Waals surface area contributed by atoms with Crippen LogP contribution < -0.4 is 5.32 Å². The van der Waals surface area contributed by atoms with E-state index in [1.807, 2.05) is 26.2 Å². The Labute approximate surface area is 97.2 Å². The number of nitrogens with zero attached hydrogens (tertiary/aromatic N) is 2. The highest BCUT2D eigenvalue weighted by Crippen LogP contribution is 2.13. The molecule has 0 unspecified atom stereocenters. The van der Waals surface area contributed by atoms with Gasteiger partial charge in [-0.25, -0.2) is 9.97 Å². The zero-order chi connectivity index (χ0) is 10.7. The molecule has 0 aliphatic heterocycles. The van der Waals surface area contributed by atoms with Gasteiger partial charge in [-0.1, -0.05) is 0 Å². The van der Waals surface area contributed by atoms with Crippen molar-refractivity contribution in [2.45, 2.75) is 26.9 Å². The maximum Gasteiger partial charge on any atom is 0.0897 e. The summed E-state index contributed by atoms with van der Waals surface area (Å²) >= 11 is 3.48. The lowest BCUT2D eigenvalue weighted by Gasteiger charge is -1.98.